The predicted octanol–water partition coefficient (Wildman–Crippen LogP) is 1.61. The molecule has 0 aliphatic heterocycles. The Morgan fingerprint density at radius 1 is 1.33 bits per heavy atom. The summed E-state index contributed by atoms with van der Waals surface area (Å²) in [6, 6.07) is 6.25. The average molecular weight is 248 g/mol. The van der Waals surface area contributed by atoms with Crippen LogP contribution in [-0.2, 0) is 13.1 Å². The van der Waals surface area contributed by atoms with Crippen molar-refractivity contribution in [3.8, 4) is 5.75 Å². The van der Waals surface area contributed by atoms with Gasteiger partial charge in [0.25, 0.3) is 5.82 Å². The lowest BCUT2D eigenvalue weighted by Crippen LogP contribution is -2.34. The molecule has 1 heterocycles. The van der Waals surface area contributed by atoms with E-state index in [0.717, 1.165) is 18.8 Å². The Balaban J connectivity index is 2.54. The van der Waals surface area contributed by atoms with E-state index in [-0.39, 0.29) is 0 Å². The Bertz CT molecular complexity index is 545. The minimum absolute atomic E-state index is 0.542. The fourth-order valence-electron chi connectivity index (χ4n) is 2.51. The van der Waals surface area contributed by atoms with E-state index in [0.29, 0.717) is 13.2 Å². The minimum Gasteiger partial charge on any atom is -0.492 e. The highest BCUT2D eigenvalue weighted by Crippen LogP contribution is 2.21. The molecule has 18 heavy (non-hydrogen) atoms. The summed E-state index contributed by atoms with van der Waals surface area (Å²) >= 11 is 0. The summed E-state index contributed by atoms with van der Waals surface area (Å²) < 4.78 is 10.2. The number of rotatable bonds is 5. The van der Waals surface area contributed by atoms with Crippen molar-refractivity contribution in [2.45, 2.75) is 33.9 Å². The van der Waals surface area contributed by atoms with E-state index in [1.165, 1.54) is 16.9 Å². The van der Waals surface area contributed by atoms with E-state index < -0.39 is 0 Å². The first-order valence-electron chi connectivity index (χ1n) is 6.58. The summed E-state index contributed by atoms with van der Waals surface area (Å²) in [6.07, 6.45) is 0. The number of aromatic nitrogens is 2. The number of benzene rings is 1. The SMILES string of the molecule is CCn1c(C)[n+](CC)c2ccc(OCCN)cc21. The number of hydrogen-bond acceptors (Lipinski definition) is 2. The quantitative estimate of drug-likeness (QED) is 0.817. The van der Waals surface area contributed by atoms with E-state index >= 15 is 0 Å². The number of fused-ring (bicyclic) bond motifs is 1. The summed E-state index contributed by atoms with van der Waals surface area (Å²) in [6.45, 7) is 9.55. The normalized spacial score (nSPS) is 11.1. The zero-order chi connectivity index (χ0) is 13.1. The lowest BCUT2D eigenvalue weighted by atomic mass is 10.3. The highest BCUT2D eigenvalue weighted by atomic mass is 16.5. The van der Waals surface area contributed by atoms with Crippen molar-refractivity contribution < 1.29 is 9.30 Å². The molecule has 0 unspecified atom stereocenters. The molecule has 2 N–H and O–H groups in total. The third-order valence-electron chi connectivity index (χ3n) is 3.33. The molecule has 0 saturated heterocycles. The molecule has 2 rings (SSSR count). The van der Waals surface area contributed by atoms with Crippen LogP contribution in [0.15, 0.2) is 18.2 Å². The van der Waals surface area contributed by atoms with E-state index in [1.54, 1.807) is 0 Å². The van der Waals surface area contributed by atoms with Crippen molar-refractivity contribution in [3.05, 3.63) is 24.0 Å². The zero-order valence-corrected chi connectivity index (χ0v) is 11.4. The Kier molecular flexibility index (Phi) is 3.87. The molecule has 98 valence electrons. The third-order valence-corrected chi connectivity index (χ3v) is 3.33. The lowest BCUT2D eigenvalue weighted by molar-refractivity contribution is -0.674. The van der Waals surface area contributed by atoms with Gasteiger partial charge in [0.05, 0.1) is 13.1 Å². The van der Waals surface area contributed by atoms with Gasteiger partial charge in [0.2, 0.25) is 0 Å². The van der Waals surface area contributed by atoms with E-state index in [4.69, 9.17) is 10.5 Å². The second-order valence-electron chi connectivity index (χ2n) is 4.32. The second kappa shape index (κ2) is 5.40. The first-order valence-corrected chi connectivity index (χ1v) is 6.58. The molecule has 0 amide bonds. The average Bonchev–Trinajstić information content (AvgIpc) is 2.66. The van der Waals surface area contributed by atoms with Crippen molar-refractivity contribution in [2.75, 3.05) is 13.2 Å². The number of nitrogens with zero attached hydrogens (tertiary/aromatic N) is 2. The molecule has 0 aliphatic rings. The van der Waals surface area contributed by atoms with Crippen LogP contribution in [0.2, 0.25) is 0 Å². The van der Waals surface area contributed by atoms with Gasteiger partial charge < -0.3 is 10.5 Å². The molecular formula is C14H22N3O+. The van der Waals surface area contributed by atoms with E-state index in [1.807, 2.05) is 6.07 Å². The number of hydrogen-bond donors (Lipinski definition) is 1. The van der Waals surface area contributed by atoms with Crippen molar-refractivity contribution in [2.24, 2.45) is 5.73 Å². The largest absolute Gasteiger partial charge is 0.492 e. The molecule has 0 atom stereocenters. The smallest absolute Gasteiger partial charge is 0.254 e. The van der Waals surface area contributed by atoms with Gasteiger partial charge in [-0.05, 0) is 26.0 Å². The van der Waals surface area contributed by atoms with Gasteiger partial charge >= 0.3 is 0 Å². The molecule has 1 aromatic heterocycles. The predicted molar refractivity (Wildman–Crippen MR) is 72.8 cm³/mol. The topological polar surface area (TPSA) is 44.1 Å². The molecular weight excluding hydrogens is 226 g/mol. The van der Waals surface area contributed by atoms with Gasteiger partial charge in [-0.3, -0.25) is 0 Å². The van der Waals surface area contributed by atoms with Crippen LogP contribution in [0.4, 0.5) is 0 Å². The van der Waals surface area contributed by atoms with Crippen LogP contribution < -0.4 is 15.0 Å². The Morgan fingerprint density at radius 2 is 2.11 bits per heavy atom. The monoisotopic (exact) mass is 248 g/mol. The minimum atomic E-state index is 0.542. The van der Waals surface area contributed by atoms with Crippen molar-refractivity contribution in [1.82, 2.24) is 4.57 Å². The number of ether oxygens (including phenoxy) is 1. The second-order valence-corrected chi connectivity index (χ2v) is 4.32. The van der Waals surface area contributed by atoms with E-state index in [2.05, 4.69) is 42.0 Å². The van der Waals surface area contributed by atoms with Crippen LogP contribution in [-0.4, -0.2) is 17.7 Å². The van der Waals surface area contributed by atoms with Crippen molar-refractivity contribution in [3.63, 3.8) is 0 Å². The van der Waals surface area contributed by atoms with Crippen LogP contribution >= 0.6 is 0 Å². The maximum atomic E-state index is 5.60. The van der Waals surface area contributed by atoms with Crippen LogP contribution in [0.5, 0.6) is 5.75 Å². The molecule has 0 spiro atoms. The standard InChI is InChI=1S/C14H22N3O/c1-4-16-11(3)17(5-2)14-10-12(18-9-8-15)6-7-13(14)16/h6-7,10H,4-5,8-9,15H2,1-3H3/q+1. The fraction of sp³-hybridized carbons (Fsp3) is 0.500. The molecule has 0 aliphatic carbocycles. The van der Waals surface area contributed by atoms with Crippen LogP contribution in [0, 0.1) is 6.92 Å². The number of nitrogens with two attached hydrogens (primary N) is 1. The maximum Gasteiger partial charge on any atom is 0.254 e. The Morgan fingerprint density at radius 3 is 2.72 bits per heavy atom. The molecule has 4 nitrogen and oxygen atoms in total. The van der Waals surface area contributed by atoms with Gasteiger partial charge in [0, 0.05) is 19.5 Å². The summed E-state index contributed by atoms with van der Waals surface area (Å²) in [5.74, 6) is 2.18. The number of imidazole rings is 1. The first-order chi connectivity index (χ1) is 8.72. The lowest BCUT2D eigenvalue weighted by Gasteiger charge is -2.03. The van der Waals surface area contributed by atoms with Crippen LogP contribution in [0.3, 0.4) is 0 Å². The third kappa shape index (κ3) is 2.08. The van der Waals surface area contributed by atoms with E-state index in [9.17, 15) is 0 Å². The molecule has 4 heteroatoms. The summed E-state index contributed by atoms with van der Waals surface area (Å²) in [4.78, 5) is 0. The number of aryl methyl sites for hydroxylation is 2. The van der Waals surface area contributed by atoms with Gasteiger partial charge in [-0.2, -0.15) is 0 Å². The van der Waals surface area contributed by atoms with Gasteiger partial charge in [-0.1, -0.05) is 0 Å². The van der Waals surface area contributed by atoms with Crippen molar-refractivity contribution >= 4 is 11.0 Å². The fourth-order valence-corrected chi connectivity index (χ4v) is 2.51. The molecule has 0 bridgehead atoms. The van der Waals surface area contributed by atoms with Crippen LogP contribution in [0.1, 0.15) is 19.7 Å². The first kappa shape index (κ1) is 12.9. The summed E-state index contributed by atoms with van der Waals surface area (Å²) in [5, 5.41) is 0. The summed E-state index contributed by atoms with van der Waals surface area (Å²) in [5.41, 5.74) is 7.95. The summed E-state index contributed by atoms with van der Waals surface area (Å²) in [7, 11) is 0. The maximum absolute atomic E-state index is 5.60. The van der Waals surface area contributed by atoms with Gasteiger partial charge in [-0.25, -0.2) is 9.13 Å². The Hall–Kier alpha value is -1.55. The van der Waals surface area contributed by atoms with Gasteiger partial charge in [-0.15, -0.1) is 0 Å². The van der Waals surface area contributed by atoms with Gasteiger partial charge in [0.1, 0.15) is 12.4 Å². The van der Waals surface area contributed by atoms with Gasteiger partial charge in [0.15, 0.2) is 11.0 Å². The molecule has 0 fully saturated rings. The molecule has 1 aromatic carbocycles. The van der Waals surface area contributed by atoms with Crippen molar-refractivity contribution in [1.29, 1.82) is 0 Å². The highest BCUT2D eigenvalue weighted by molar-refractivity contribution is 5.74. The highest BCUT2D eigenvalue weighted by Gasteiger charge is 2.19. The molecule has 2 aromatic rings. The molecule has 0 saturated carbocycles. The zero-order valence-electron chi connectivity index (χ0n) is 11.4. The molecule has 0 radical (unpaired) electrons. The Labute approximate surface area is 108 Å². The van der Waals surface area contributed by atoms with Crippen LogP contribution in [0.25, 0.3) is 11.0 Å².